The van der Waals surface area contributed by atoms with Crippen molar-refractivity contribution in [1.82, 2.24) is 0 Å². The van der Waals surface area contributed by atoms with Gasteiger partial charge in [-0.3, -0.25) is 15.1 Å². The molecule has 0 spiro atoms. The average molecular weight is 280 g/mol. The summed E-state index contributed by atoms with van der Waals surface area (Å²) in [6.07, 6.45) is 4.17. The second-order valence-corrected chi connectivity index (χ2v) is 5.68. The molecule has 0 aromatic heterocycles. The molecule has 1 saturated carbocycles. The second-order valence-electron chi connectivity index (χ2n) is 5.68. The lowest BCUT2D eigenvalue weighted by molar-refractivity contribution is -0.384. The third kappa shape index (κ3) is 2.84. The SMILES string of the molecule is CC1(c2ccccc2N=Cc2ccc([N+](=O)[O-])cc2)CC1. The lowest BCUT2D eigenvalue weighted by atomic mass is 9.97. The van der Waals surface area contributed by atoms with Gasteiger partial charge in [-0.1, -0.05) is 25.1 Å². The average Bonchev–Trinajstić information content (AvgIpc) is 3.25. The summed E-state index contributed by atoms with van der Waals surface area (Å²) in [5.41, 5.74) is 3.48. The van der Waals surface area contributed by atoms with Crippen LogP contribution in [0.4, 0.5) is 11.4 Å². The van der Waals surface area contributed by atoms with Gasteiger partial charge in [0.05, 0.1) is 10.6 Å². The van der Waals surface area contributed by atoms with Gasteiger partial charge in [0.2, 0.25) is 0 Å². The van der Waals surface area contributed by atoms with Crippen LogP contribution in [0.5, 0.6) is 0 Å². The molecule has 4 heteroatoms. The van der Waals surface area contributed by atoms with Crippen LogP contribution in [0.3, 0.4) is 0 Å². The van der Waals surface area contributed by atoms with Crippen molar-refractivity contribution in [3.63, 3.8) is 0 Å². The zero-order valence-electron chi connectivity index (χ0n) is 11.8. The molecule has 1 aliphatic rings. The topological polar surface area (TPSA) is 55.5 Å². The van der Waals surface area contributed by atoms with Gasteiger partial charge in [-0.2, -0.15) is 0 Å². The van der Waals surface area contributed by atoms with Crippen LogP contribution in [0.25, 0.3) is 0 Å². The van der Waals surface area contributed by atoms with Gasteiger partial charge in [-0.15, -0.1) is 0 Å². The fraction of sp³-hybridized carbons (Fsp3) is 0.235. The maximum Gasteiger partial charge on any atom is 0.269 e. The summed E-state index contributed by atoms with van der Waals surface area (Å²) < 4.78 is 0. The van der Waals surface area contributed by atoms with Gasteiger partial charge >= 0.3 is 0 Å². The molecular formula is C17H16N2O2. The zero-order valence-corrected chi connectivity index (χ0v) is 11.8. The van der Waals surface area contributed by atoms with Crippen molar-refractivity contribution >= 4 is 17.6 Å². The molecule has 2 aromatic carbocycles. The van der Waals surface area contributed by atoms with Crippen molar-refractivity contribution in [2.75, 3.05) is 0 Å². The molecule has 0 saturated heterocycles. The van der Waals surface area contributed by atoms with E-state index in [1.807, 2.05) is 18.2 Å². The first-order valence-electron chi connectivity index (χ1n) is 6.97. The maximum atomic E-state index is 10.6. The fourth-order valence-corrected chi connectivity index (χ4v) is 2.38. The molecular weight excluding hydrogens is 264 g/mol. The molecule has 1 aliphatic carbocycles. The third-order valence-corrected chi connectivity index (χ3v) is 4.01. The summed E-state index contributed by atoms with van der Waals surface area (Å²) in [6, 6.07) is 14.6. The molecule has 0 unspecified atom stereocenters. The van der Waals surface area contributed by atoms with Crippen LogP contribution < -0.4 is 0 Å². The third-order valence-electron chi connectivity index (χ3n) is 4.01. The lowest BCUT2D eigenvalue weighted by Crippen LogP contribution is -1.99. The van der Waals surface area contributed by atoms with E-state index in [4.69, 9.17) is 0 Å². The van der Waals surface area contributed by atoms with Crippen molar-refractivity contribution in [3.05, 3.63) is 69.8 Å². The molecule has 21 heavy (non-hydrogen) atoms. The van der Waals surface area contributed by atoms with Gasteiger partial charge in [-0.05, 0) is 47.6 Å². The Labute approximate surface area is 123 Å². The zero-order chi connectivity index (χ0) is 14.9. The van der Waals surface area contributed by atoms with Crippen LogP contribution in [-0.4, -0.2) is 11.1 Å². The van der Waals surface area contributed by atoms with Crippen LogP contribution in [-0.2, 0) is 5.41 Å². The van der Waals surface area contributed by atoms with Crippen LogP contribution in [0.2, 0.25) is 0 Å². The minimum absolute atomic E-state index is 0.0954. The molecule has 106 valence electrons. The van der Waals surface area contributed by atoms with E-state index in [0.717, 1.165) is 11.3 Å². The number of benzene rings is 2. The quantitative estimate of drug-likeness (QED) is 0.473. The van der Waals surface area contributed by atoms with Gasteiger partial charge in [0.25, 0.3) is 5.69 Å². The summed E-state index contributed by atoms with van der Waals surface area (Å²) in [6.45, 7) is 2.26. The first-order valence-corrected chi connectivity index (χ1v) is 6.97. The molecule has 0 N–H and O–H groups in total. The highest BCUT2D eigenvalue weighted by Gasteiger charge is 2.40. The van der Waals surface area contributed by atoms with E-state index in [2.05, 4.69) is 18.0 Å². The van der Waals surface area contributed by atoms with Crippen LogP contribution >= 0.6 is 0 Å². The van der Waals surface area contributed by atoms with Crippen LogP contribution in [0.1, 0.15) is 30.9 Å². The van der Waals surface area contributed by atoms with Gasteiger partial charge in [0, 0.05) is 18.3 Å². The molecule has 1 fully saturated rings. The molecule has 2 aromatic rings. The van der Waals surface area contributed by atoms with E-state index >= 15 is 0 Å². The van der Waals surface area contributed by atoms with E-state index in [-0.39, 0.29) is 11.1 Å². The molecule has 3 rings (SSSR count). The van der Waals surface area contributed by atoms with E-state index in [1.54, 1.807) is 18.3 Å². The predicted molar refractivity (Wildman–Crippen MR) is 83.4 cm³/mol. The number of nitro groups is 1. The summed E-state index contributed by atoms with van der Waals surface area (Å²) in [5.74, 6) is 0. The van der Waals surface area contributed by atoms with Gasteiger partial charge in [0.1, 0.15) is 0 Å². The summed E-state index contributed by atoms with van der Waals surface area (Å²) in [7, 11) is 0. The molecule has 0 amide bonds. The molecule has 0 atom stereocenters. The summed E-state index contributed by atoms with van der Waals surface area (Å²) in [4.78, 5) is 14.8. The van der Waals surface area contributed by atoms with E-state index in [1.165, 1.54) is 30.5 Å². The summed E-state index contributed by atoms with van der Waals surface area (Å²) in [5, 5.41) is 10.6. The Bertz CT molecular complexity index is 701. The molecule has 4 nitrogen and oxygen atoms in total. The predicted octanol–water partition coefficient (Wildman–Crippen LogP) is 4.40. The van der Waals surface area contributed by atoms with Crippen LogP contribution in [0.15, 0.2) is 53.5 Å². The normalized spacial score (nSPS) is 16.0. The Morgan fingerprint density at radius 3 is 2.43 bits per heavy atom. The highest BCUT2D eigenvalue weighted by molar-refractivity contribution is 5.82. The molecule has 0 radical (unpaired) electrons. The van der Waals surface area contributed by atoms with Crippen molar-refractivity contribution in [2.24, 2.45) is 4.99 Å². The van der Waals surface area contributed by atoms with Crippen molar-refractivity contribution in [1.29, 1.82) is 0 Å². The van der Waals surface area contributed by atoms with Crippen molar-refractivity contribution in [3.8, 4) is 0 Å². The standard InChI is InChI=1S/C17H16N2O2/c1-17(10-11-17)15-4-2-3-5-16(15)18-12-13-6-8-14(9-7-13)19(20)21/h2-9,12H,10-11H2,1H3. The van der Waals surface area contributed by atoms with E-state index in [9.17, 15) is 10.1 Å². The largest absolute Gasteiger partial charge is 0.269 e. The summed E-state index contributed by atoms with van der Waals surface area (Å²) >= 11 is 0. The Morgan fingerprint density at radius 1 is 1.14 bits per heavy atom. The number of non-ortho nitro benzene ring substituents is 1. The Hall–Kier alpha value is -2.49. The second kappa shape index (κ2) is 5.13. The van der Waals surface area contributed by atoms with Gasteiger partial charge < -0.3 is 0 Å². The Balaban J connectivity index is 1.85. The monoisotopic (exact) mass is 280 g/mol. The number of hydrogen-bond donors (Lipinski definition) is 0. The number of nitrogens with zero attached hydrogens (tertiary/aromatic N) is 2. The minimum atomic E-state index is -0.399. The molecule has 0 heterocycles. The first-order chi connectivity index (χ1) is 10.1. The van der Waals surface area contributed by atoms with Gasteiger partial charge in [-0.25, -0.2) is 0 Å². The Kier molecular flexibility index (Phi) is 3.29. The Morgan fingerprint density at radius 2 is 1.81 bits per heavy atom. The minimum Gasteiger partial charge on any atom is -0.258 e. The lowest BCUT2D eigenvalue weighted by Gasteiger charge is -2.11. The number of rotatable bonds is 4. The van der Waals surface area contributed by atoms with E-state index < -0.39 is 4.92 Å². The van der Waals surface area contributed by atoms with Crippen molar-refractivity contribution < 1.29 is 4.92 Å². The molecule has 0 aliphatic heterocycles. The van der Waals surface area contributed by atoms with Gasteiger partial charge in [0.15, 0.2) is 0 Å². The van der Waals surface area contributed by atoms with E-state index in [0.29, 0.717) is 0 Å². The maximum absolute atomic E-state index is 10.6. The number of hydrogen-bond acceptors (Lipinski definition) is 3. The number of nitro benzene ring substituents is 1. The fourth-order valence-electron chi connectivity index (χ4n) is 2.38. The number of aliphatic imine (C=N–C) groups is 1. The number of para-hydroxylation sites is 1. The van der Waals surface area contributed by atoms with Crippen molar-refractivity contribution in [2.45, 2.75) is 25.2 Å². The van der Waals surface area contributed by atoms with Crippen LogP contribution in [0, 0.1) is 10.1 Å². The smallest absolute Gasteiger partial charge is 0.258 e. The molecule has 0 bridgehead atoms. The first kappa shape index (κ1) is 13.5. The highest BCUT2D eigenvalue weighted by Crippen LogP contribution is 2.50. The highest BCUT2D eigenvalue weighted by atomic mass is 16.6.